The van der Waals surface area contributed by atoms with E-state index in [2.05, 4.69) is 23.0 Å². The molecule has 12 heavy (non-hydrogen) atoms. The Labute approximate surface area is 72.0 Å². The number of likely N-dealkylation sites (N-methyl/N-ethyl adjacent to an activating group) is 1. The predicted molar refractivity (Wildman–Crippen MR) is 46.8 cm³/mol. The number of fused-ring (bicyclic) bond motifs is 1. The number of nitrogens with zero attached hydrogens (tertiary/aromatic N) is 1. The molecule has 0 aromatic carbocycles. The van der Waals surface area contributed by atoms with Crippen molar-refractivity contribution in [2.75, 3.05) is 13.6 Å². The Kier molecular flexibility index (Phi) is 1.90. The van der Waals surface area contributed by atoms with Crippen LogP contribution in [0.15, 0.2) is 6.07 Å². The number of aromatic amines is 1. The molecule has 2 rings (SSSR count). The second-order valence-electron chi connectivity index (χ2n) is 3.44. The standard InChI is InChI=1S/C9H14N2O/c1-11-3-2-9-7(5-11)4-8(6-12)10-9/h4,10,12H,2-3,5-6H2,1H3. The Hall–Kier alpha value is -0.800. The van der Waals surface area contributed by atoms with Crippen LogP contribution >= 0.6 is 0 Å². The molecular weight excluding hydrogens is 152 g/mol. The highest BCUT2D eigenvalue weighted by atomic mass is 16.3. The fraction of sp³-hybridized carbons (Fsp3) is 0.556. The lowest BCUT2D eigenvalue weighted by molar-refractivity contribution is 0.277. The zero-order valence-corrected chi connectivity index (χ0v) is 7.30. The van der Waals surface area contributed by atoms with Gasteiger partial charge in [-0.3, -0.25) is 0 Å². The fourth-order valence-electron chi connectivity index (χ4n) is 1.73. The van der Waals surface area contributed by atoms with Gasteiger partial charge in [0.25, 0.3) is 0 Å². The van der Waals surface area contributed by atoms with Crippen molar-refractivity contribution in [2.24, 2.45) is 0 Å². The number of hydrogen-bond donors (Lipinski definition) is 2. The van der Waals surface area contributed by atoms with E-state index < -0.39 is 0 Å². The molecular formula is C9H14N2O. The first-order valence-electron chi connectivity index (χ1n) is 4.28. The van der Waals surface area contributed by atoms with Gasteiger partial charge in [-0.25, -0.2) is 0 Å². The number of aliphatic hydroxyl groups excluding tert-OH is 1. The number of aliphatic hydroxyl groups is 1. The molecule has 1 aliphatic rings. The average Bonchev–Trinajstić information content (AvgIpc) is 2.46. The van der Waals surface area contributed by atoms with Crippen LogP contribution < -0.4 is 0 Å². The summed E-state index contributed by atoms with van der Waals surface area (Å²) >= 11 is 0. The lowest BCUT2D eigenvalue weighted by Crippen LogP contribution is -2.25. The molecule has 0 spiro atoms. The van der Waals surface area contributed by atoms with E-state index in [9.17, 15) is 0 Å². The Bertz CT molecular complexity index is 280. The van der Waals surface area contributed by atoms with Crippen molar-refractivity contribution in [3.05, 3.63) is 23.0 Å². The minimum atomic E-state index is 0.122. The van der Waals surface area contributed by atoms with Gasteiger partial charge in [0.2, 0.25) is 0 Å². The molecule has 0 unspecified atom stereocenters. The van der Waals surface area contributed by atoms with Gasteiger partial charge >= 0.3 is 0 Å². The van der Waals surface area contributed by atoms with Gasteiger partial charge in [0.15, 0.2) is 0 Å². The average molecular weight is 166 g/mol. The zero-order valence-electron chi connectivity index (χ0n) is 7.30. The van der Waals surface area contributed by atoms with Gasteiger partial charge in [-0.05, 0) is 18.7 Å². The molecule has 1 aromatic heterocycles. The quantitative estimate of drug-likeness (QED) is 0.637. The van der Waals surface area contributed by atoms with Gasteiger partial charge in [0, 0.05) is 30.9 Å². The first-order chi connectivity index (χ1) is 5.79. The van der Waals surface area contributed by atoms with Crippen molar-refractivity contribution in [3.8, 4) is 0 Å². The highest BCUT2D eigenvalue weighted by Gasteiger charge is 2.15. The van der Waals surface area contributed by atoms with E-state index >= 15 is 0 Å². The van der Waals surface area contributed by atoms with Crippen LogP contribution in [0.1, 0.15) is 17.0 Å². The summed E-state index contributed by atoms with van der Waals surface area (Å²) in [6.45, 7) is 2.24. The van der Waals surface area contributed by atoms with E-state index in [4.69, 9.17) is 5.11 Å². The molecule has 66 valence electrons. The molecule has 1 aliphatic heterocycles. The topological polar surface area (TPSA) is 39.3 Å². The van der Waals surface area contributed by atoms with Crippen molar-refractivity contribution in [1.82, 2.24) is 9.88 Å². The predicted octanol–water partition coefficient (Wildman–Crippen LogP) is 0.495. The Morgan fingerprint density at radius 2 is 2.50 bits per heavy atom. The summed E-state index contributed by atoms with van der Waals surface area (Å²) in [6.07, 6.45) is 1.08. The van der Waals surface area contributed by atoms with E-state index in [1.54, 1.807) is 0 Å². The lowest BCUT2D eigenvalue weighted by atomic mass is 10.1. The van der Waals surface area contributed by atoms with Gasteiger partial charge in [0.05, 0.1) is 6.61 Å². The second-order valence-corrected chi connectivity index (χ2v) is 3.44. The molecule has 2 heterocycles. The molecule has 0 amide bonds. The van der Waals surface area contributed by atoms with E-state index in [0.29, 0.717) is 0 Å². The molecule has 0 radical (unpaired) electrons. The summed E-state index contributed by atoms with van der Waals surface area (Å²) in [5.74, 6) is 0. The SMILES string of the molecule is CN1CCc2[nH]c(CO)cc2C1. The lowest BCUT2D eigenvalue weighted by Gasteiger charge is -2.21. The van der Waals surface area contributed by atoms with Crippen molar-refractivity contribution < 1.29 is 5.11 Å². The van der Waals surface area contributed by atoms with Crippen molar-refractivity contribution in [1.29, 1.82) is 0 Å². The van der Waals surface area contributed by atoms with Crippen LogP contribution in [0.5, 0.6) is 0 Å². The van der Waals surface area contributed by atoms with Crippen molar-refractivity contribution in [2.45, 2.75) is 19.6 Å². The molecule has 0 aliphatic carbocycles. The van der Waals surface area contributed by atoms with E-state index in [1.807, 2.05) is 0 Å². The first kappa shape index (κ1) is 7.83. The zero-order chi connectivity index (χ0) is 8.55. The second kappa shape index (κ2) is 2.92. The molecule has 3 nitrogen and oxygen atoms in total. The summed E-state index contributed by atoms with van der Waals surface area (Å²) in [7, 11) is 2.12. The molecule has 0 saturated heterocycles. The molecule has 0 bridgehead atoms. The maximum absolute atomic E-state index is 8.91. The van der Waals surface area contributed by atoms with Gasteiger partial charge in [0.1, 0.15) is 0 Å². The third kappa shape index (κ3) is 1.26. The van der Waals surface area contributed by atoms with Crippen LogP contribution in [-0.2, 0) is 19.6 Å². The summed E-state index contributed by atoms with van der Waals surface area (Å²) in [6, 6.07) is 2.06. The Balaban J connectivity index is 2.28. The molecule has 1 aromatic rings. The highest BCUT2D eigenvalue weighted by molar-refractivity contribution is 5.27. The van der Waals surface area contributed by atoms with Crippen LogP contribution in [0.3, 0.4) is 0 Å². The molecule has 0 atom stereocenters. The third-order valence-corrected chi connectivity index (χ3v) is 2.40. The van der Waals surface area contributed by atoms with Gasteiger partial charge < -0.3 is 15.0 Å². The summed E-state index contributed by atoms with van der Waals surface area (Å²) in [5, 5.41) is 8.91. The first-order valence-corrected chi connectivity index (χ1v) is 4.28. The molecule has 3 heteroatoms. The molecule has 0 saturated carbocycles. The van der Waals surface area contributed by atoms with Crippen LogP contribution in [0, 0.1) is 0 Å². The summed E-state index contributed by atoms with van der Waals surface area (Å²) in [5.41, 5.74) is 3.58. The minimum Gasteiger partial charge on any atom is -0.390 e. The number of H-pyrrole nitrogens is 1. The smallest absolute Gasteiger partial charge is 0.0830 e. The van der Waals surface area contributed by atoms with Crippen molar-refractivity contribution >= 4 is 0 Å². The number of aromatic nitrogens is 1. The van der Waals surface area contributed by atoms with E-state index in [0.717, 1.165) is 25.2 Å². The van der Waals surface area contributed by atoms with Crippen LogP contribution in [0.4, 0.5) is 0 Å². The van der Waals surface area contributed by atoms with E-state index in [1.165, 1.54) is 11.3 Å². The normalized spacial score (nSPS) is 17.8. The van der Waals surface area contributed by atoms with Crippen LogP contribution in [0.2, 0.25) is 0 Å². The minimum absolute atomic E-state index is 0.122. The fourth-order valence-corrected chi connectivity index (χ4v) is 1.73. The van der Waals surface area contributed by atoms with Gasteiger partial charge in [-0.1, -0.05) is 0 Å². The maximum atomic E-state index is 8.91. The van der Waals surface area contributed by atoms with E-state index in [-0.39, 0.29) is 6.61 Å². The monoisotopic (exact) mass is 166 g/mol. The van der Waals surface area contributed by atoms with Gasteiger partial charge in [-0.2, -0.15) is 0 Å². The highest BCUT2D eigenvalue weighted by Crippen LogP contribution is 2.18. The number of nitrogens with one attached hydrogen (secondary N) is 1. The van der Waals surface area contributed by atoms with Gasteiger partial charge in [-0.15, -0.1) is 0 Å². The summed E-state index contributed by atoms with van der Waals surface area (Å²) < 4.78 is 0. The van der Waals surface area contributed by atoms with Crippen molar-refractivity contribution in [3.63, 3.8) is 0 Å². The Morgan fingerprint density at radius 3 is 3.25 bits per heavy atom. The summed E-state index contributed by atoms with van der Waals surface area (Å²) in [4.78, 5) is 5.52. The third-order valence-electron chi connectivity index (χ3n) is 2.40. The number of rotatable bonds is 1. The Morgan fingerprint density at radius 1 is 1.67 bits per heavy atom. The molecule has 0 fully saturated rings. The van der Waals surface area contributed by atoms with Crippen LogP contribution in [-0.4, -0.2) is 28.6 Å². The molecule has 2 N–H and O–H groups in total. The number of hydrogen-bond acceptors (Lipinski definition) is 2. The largest absolute Gasteiger partial charge is 0.390 e. The maximum Gasteiger partial charge on any atom is 0.0830 e. The van der Waals surface area contributed by atoms with Crippen LogP contribution in [0.25, 0.3) is 0 Å².